The quantitative estimate of drug-likeness (QED) is 0.559. The first-order valence-corrected chi connectivity index (χ1v) is 10.1. The summed E-state index contributed by atoms with van der Waals surface area (Å²) in [6.07, 6.45) is 5.63. The molecular formula is C21H21Cl2N3O. The van der Waals surface area contributed by atoms with Crippen LogP contribution in [0.3, 0.4) is 0 Å². The lowest BCUT2D eigenvalue weighted by Crippen LogP contribution is -2.13. The summed E-state index contributed by atoms with van der Waals surface area (Å²) in [7, 11) is 0. The molecule has 3 aromatic rings. The van der Waals surface area contributed by atoms with Gasteiger partial charge in [0, 0.05) is 10.9 Å². The molecule has 2 aromatic carbocycles. The van der Waals surface area contributed by atoms with Crippen LogP contribution >= 0.6 is 23.2 Å². The van der Waals surface area contributed by atoms with Crippen molar-refractivity contribution in [2.45, 2.75) is 45.1 Å². The highest BCUT2D eigenvalue weighted by Crippen LogP contribution is 2.34. The zero-order chi connectivity index (χ0) is 19.0. The Morgan fingerprint density at radius 3 is 2.56 bits per heavy atom. The zero-order valence-electron chi connectivity index (χ0n) is 15.1. The van der Waals surface area contributed by atoms with Crippen LogP contribution in [0.5, 0.6) is 0 Å². The van der Waals surface area contributed by atoms with Gasteiger partial charge in [-0.3, -0.25) is 9.48 Å². The molecule has 1 heterocycles. The molecule has 0 aliphatic heterocycles. The number of fused-ring (bicyclic) bond motifs is 1. The summed E-state index contributed by atoms with van der Waals surface area (Å²) in [5.74, 6) is -0.232. The van der Waals surface area contributed by atoms with E-state index >= 15 is 0 Å². The van der Waals surface area contributed by atoms with E-state index in [2.05, 4.69) is 16.9 Å². The number of amides is 1. The molecule has 0 atom stereocenters. The van der Waals surface area contributed by atoms with Crippen LogP contribution in [-0.4, -0.2) is 15.7 Å². The number of hydrogen-bond acceptors (Lipinski definition) is 2. The number of carbonyl (C=O) groups excluding carboxylic acids is 1. The van der Waals surface area contributed by atoms with Crippen LogP contribution in [0, 0.1) is 0 Å². The highest BCUT2D eigenvalue weighted by molar-refractivity contribution is 6.40. The lowest BCUT2D eigenvalue weighted by Gasteiger charge is -2.12. The maximum atomic E-state index is 12.8. The lowest BCUT2D eigenvalue weighted by molar-refractivity contribution is 0.102. The third-order valence-corrected chi connectivity index (χ3v) is 5.88. The van der Waals surface area contributed by atoms with Crippen molar-refractivity contribution in [2.24, 2.45) is 0 Å². The molecular weight excluding hydrogens is 381 g/mol. The third-order valence-electron chi connectivity index (χ3n) is 5.25. The normalized spacial score (nSPS) is 14.8. The summed E-state index contributed by atoms with van der Waals surface area (Å²) in [6, 6.07) is 11.3. The number of nitrogens with zero attached hydrogens (tertiary/aromatic N) is 2. The molecule has 4 nitrogen and oxygen atoms in total. The second-order valence-corrected chi connectivity index (χ2v) is 7.78. The molecule has 27 heavy (non-hydrogen) atoms. The minimum atomic E-state index is -0.232. The van der Waals surface area contributed by atoms with Crippen molar-refractivity contribution in [3.8, 4) is 0 Å². The Kier molecular flexibility index (Phi) is 5.11. The fourth-order valence-corrected chi connectivity index (χ4v) is 4.33. The van der Waals surface area contributed by atoms with Crippen molar-refractivity contribution in [1.82, 2.24) is 9.78 Å². The second kappa shape index (κ2) is 7.53. The molecule has 1 aliphatic carbocycles. The Morgan fingerprint density at radius 1 is 1.19 bits per heavy atom. The fraction of sp³-hybridized carbons (Fsp3) is 0.333. The SMILES string of the molecule is CCc1nn(C2CCCC2)c2cc(C(=O)Nc3c(Cl)cccc3Cl)ccc12. The standard InChI is InChI=1S/C21H21Cl2N3O/c1-2-18-15-11-10-13(12-19(15)26(25-18)14-6-3-4-7-14)21(27)24-20-16(22)8-5-9-17(20)23/h5,8-12,14H,2-4,6-7H2,1H3,(H,24,27). The molecule has 0 bridgehead atoms. The highest BCUT2D eigenvalue weighted by Gasteiger charge is 2.22. The van der Waals surface area contributed by atoms with Crippen molar-refractivity contribution in [1.29, 1.82) is 0 Å². The first-order chi connectivity index (χ1) is 13.1. The number of rotatable bonds is 4. The van der Waals surface area contributed by atoms with Gasteiger partial charge < -0.3 is 5.32 Å². The largest absolute Gasteiger partial charge is 0.319 e. The van der Waals surface area contributed by atoms with E-state index in [1.807, 2.05) is 18.2 Å². The van der Waals surface area contributed by atoms with Crippen molar-refractivity contribution in [2.75, 3.05) is 5.32 Å². The van der Waals surface area contributed by atoms with Crippen molar-refractivity contribution in [3.63, 3.8) is 0 Å². The van der Waals surface area contributed by atoms with Crippen LogP contribution in [-0.2, 0) is 6.42 Å². The average Bonchev–Trinajstić information content (AvgIpc) is 3.31. The predicted molar refractivity (Wildman–Crippen MR) is 111 cm³/mol. The molecule has 1 saturated carbocycles. The zero-order valence-corrected chi connectivity index (χ0v) is 16.6. The maximum Gasteiger partial charge on any atom is 0.255 e. The van der Waals surface area contributed by atoms with Crippen molar-refractivity contribution in [3.05, 3.63) is 57.7 Å². The van der Waals surface area contributed by atoms with Crippen molar-refractivity contribution >= 4 is 45.7 Å². The number of hydrogen-bond donors (Lipinski definition) is 1. The van der Waals surface area contributed by atoms with E-state index in [0.29, 0.717) is 27.3 Å². The van der Waals surface area contributed by atoms with Gasteiger partial charge in [-0.15, -0.1) is 0 Å². The number of aryl methyl sites for hydroxylation is 1. The van der Waals surface area contributed by atoms with E-state index in [1.165, 1.54) is 12.8 Å². The maximum absolute atomic E-state index is 12.8. The van der Waals surface area contributed by atoms with Crippen LogP contribution in [0.4, 0.5) is 5.69 Å². The molecule has 0 saturated heterocycles. The van der Waals surface area contributed by atoms with Gasteiger partial charge in [0.05, 0.1) is 33.0 Å². The smallest absolute Gasteiger partial charge is 0.255 e. The molecule has 1 N–H and O–H groups in total. The summed E-state index contributed by atoms with van der Waals surface area (Å²) in [5, 5.41) is 9.64. The topological polar surface area (TPSA) is 46.9 Å². The van der Waals surface area contributed by atoms with Crippen LogP contribution in [0.1, 0.15) is 54.7 Å². The van der Waals surface area contributed by atoms with Crippen LogP contribution in [0.15, 0.2) is 36.4 Å². The Labute approximate surface area is 168 Å². The van der Waals surface area contributed by atoms with Gasteiger partial charge in [0.25, 0.3) is 5.91 Å². The van der Waals surface area contributed by atoms with E-state index in [4.69, 9.17) is 28.3 Å². The first-order valence-electron chi connectivity index (χ1n) is 9.35. The van der Waals surface area contributed by atoms with E-state index in [0.717, 1.165) is 35.9 Å². The molecule has 1 aromatic heterocycles. The van der Waals surface area contributed by atoms with E-state index in [-0.39, 0.29) is 5.91 Å². The van der Waals surface area contributed by atoms with Gasteiger partial charge in [0.15, 0.2) is 0 Å². The lowest BCUT2D eigenvalue weighted by atomic mass is 10.1. The summed E-state index contributed by atoms with van der Waals surface area (Å²) >= 11 is 12.4. The molecule has 0 unspecified atom stereocenters. The van der Waals surface area contributed by atoms with Gasteiger partial charge in [-0.05, 0) is 43.5 Å². The Balaban J connectivity index is 1.72. The number of anilines is 1. The molecule has 0 spiro atoms. The van der Waals surface area contributed by atoms with Gasteiger partial charge in [-0.1, -0.05) is 55.1 Å². The number of para-hydroxylation sites is 1. The van der Waals surface area contributed by atoms with Crippen LogP contribution in [0.2, 0.25) is 10.0 Å². The molecule has 1 aliphatic rings. The highest BCUT2D eigenvalue weighted by atomic mass is 35.5. The van der Waals surface area contributed by atoms with Crippen molar-refractivity contribution < 1.29 is 4.79 Å². The van der Waals surface area contributed by atoms with E-state index in [1.54, 1.807) is 18.2 Å². The Morgan fingerprint density at radius 2 is 1.89 bits per heavy atom. The molecule has 140 valence electrons. The number of carbonyl (C=O) groups is 1. The summed E-state index contributed by atoms with van der Waals surface area (Å²) in [6.45, 7) is 2.11. The minimum absolute atomic E-state index is 0.232. The third kappa shape index (κ3) is 3.44. The van der Waals surface area contributed by atoms with Gasteiger partial charge in [-0.25, -0.2) is 0 Å². The molecule has 1 fully saturated rings. The number of aromatic nitrogens is 2. The molecule has 4 rings (SSSR count). The Hall–Kier alpha value is -2.04. The van der Waals surface area contributed by atoms with Gasteiger partial charge in [0.1, 0.15) is 0 Å². The fourth-order valence-electron chi connectivity index (χ4n) is 3.84. The van der Waals surface area contributed by atoms with Gasteiger partial charge >= 0.3 is 0 Å². The minimum Gasteiger partial charge on any atom is -0.319 e. The summed E-state index contributed by atoms with van der Waals surface area (Å²) < 4.78 is 2.13. The number of halogens is 2. The monoisotopic (exact) mass is 401 g/mol. The second-order valence-electron chi connectivity index (χ2n) is 6.97. The van der Waals surface area contributed by atoms with Crippen LogP contribution < -0.4 is 5.32 Å². The molecule has 0 radical (unpaired) electrons. The predicted octanol–water partition coefficient (Wildman–Crippen LogP) is 6.27. The van der Waals surface area contributed by atoms with Gasteiger partial charge in [0.2, 0.25) is 0 Å². The first kappa shape index (κ1) is 18.3. The average molecular weight is 402 g/mol. The van der Waals surface area contributed by atoms with E-state index in [9.17, 15) is 4.79 Å². The summed E-state index contributed by atoms with van der Waals surface area (Å²) in [5.41, 5.74) is 3.11. The molecule has 6 heteroatoms. The Bertz CT molecular complexity index is 986. The molecule has 1 amide bonds. The van der Waals surface area contributed by atoms with Crippen LogP contribution in [0.25, 0.3) is 10.9 Å². The number of nitrogens with one attached hydrogen (secondary N) is 1. The number of benzene rings is 2. The summed E-state index contributed by atoms with van der Waals surface area (Å²) in [4.78, 5) is 12.8. The van der Waals surface area contributed by atoms with E-state index < -0.39 is 0 Å². The van der Waals surface area contributed by atoms with Gasteiger partial charge in [-0.2, -0.15) is 5.10 Å².